The average molecular weight is 232 g/mol. The van der Waals surface area contributed by atoms with E-state index in [1.807, 2.05) is 31.2 Å². The molecule has 0 bridgehead atoms. The highest BCUT2D eigenvalue weighted by atomic mass is 16.2. The zero-order valence-electron chi connectivity index (χ0n) is 9.85. The summed E-state index contributed by atoms with van der Waals surface area (Å²) in [6.45, 7) is 3.51. The fourth-order valence-electron chi connectivity index (χ4n) is 2.01. The molecule has 4 nitrogen and oxygen atoms in total. The molecule has 1 saturated heterocycles. The van der Waals surface area contributed by atoms with E-state index in [1.165, 1.54) is 5.56 Å². The summed E-state index contributed by atoms with van der Waals surface area (Å²) in [5.41, 5.74) is 2.12. The number of amides is 1. The second kappa shape index (κ2) is 5.10. The zero-order valence-corrected chi connectivity index (χ0v) is 9.85. The Morgan fingerprint density at radius 1 is 1.41 bits per heavy atom. The van der Waals surface area contributed by atoms with Crippen LogP contribution in [0.3, 0.4) is 0 Å². The van der Waals surface area contributed by atoms with E-state index < -0.39 is 0 Å². The van der Waals surface area contributed by atoms with Gasteiger partial charge in [0.1, 0.15) is 12.3 Å². The largest absolute Gasteiger partial charge is 0.333 e. The van der Waals surface area contributed by atoms with Crippen LogP contribution in [-0.2, 0) is 9.59 Å². The molecular weight excluding hydrogens is 216 g/mol. The first-order chi connectivity index (χ1) is 8.22. The average Bonchev–Trinajstić information content (AvgIpc) is 2.34. The van der Waals surface area contributed by atoms with Gasteiger partial charge in [0.15, 0.2) is 0 Å². The minimum Gasteiger partial charge on any atom is -0.333 e. The number of aryl methyl sites for hydroxylation is 1. The SMILES string of the molecule is Cc1ccc(C2NCCN(CC=O)C2=O)cc1. The topological polar surface area (TPSA) is 49.4 Å². The summed E-state index contributed by atoms with van der Waals surface area (Å²) in [5.74, 6) is -0.0211. The van der Waals surface area contributed by atoms with Crippen LogP contribution in [0.25, 0.3) is 0 Å². The summed E-state index contributed by atoms with van der Waals surface area (Å²) < 4.78 is 0. The van der Waals surface area contributed by atoms with Crippen molar-refractivity contribution in [2.45, 2.75) is 13.0 Å². The van der Waals surface area contributed by atoms with E-state index in [2.05, 4.69) is 5.32 Å². The van der Waals surface area contributed by atoms with Gasteiger partial charge in [0, 0.05) is 13.1 Å². The summed E-state index contributed by atoms with van der Waals surface area (Å²) >= 11 is 0. The van der Waals surface area contributed by atoms with Crippen LogP contribution in [0, 0.1) is 6.92 Å². The third-order valence-corrected chi connectivity index (χ3v) is 2.99. The van der Waals surface area contributed by atoms with Crippen LogP contribution in [0.15, 0.2) is 24.3 Å². The number of nitrogens with zero attached hydrogens (tertiary/aromatic N) is 1. The first-order valence-electron chi connectivity index (χ1n) is 5.75. The van der Waals surface area contributed by atoms with Crippen LogP contribution in [0.5, 0.6) is 0 Å². The zero-order chi connectivity index (χ0) is 12.3. The molecule has 2 rings (SSSR count). The molecule has 1 aliphatic rings. The number of carbonyl (C=O) groups excluding carboxylic acids is 2. The van der Waals surface area contributed by atoms with Gasteiger partial charge in [-0.15, -0.1) is 0 Å². The lowest BCUT2D eigenvalue weighted by atomic mass is 10.0. The molecule has 1 amide bonds. The van der Waals surface area contributed by atoms with Crippen LogP contribution in [-0.4, -0.2) is 36.7 Å². The quantitative estimate of drug-likeness (QED) is 0.779. The third-order valence-electron chi connectivity index (χ3n) is 2.99. The molecule has 0 spiro atoms. The number of aldehydes is 1. The first kappa shape index (κ1) is 11.8. The van der Waals surface area contributed by atoms with Crippen molar-refractivity contribution in [2.24, 2.45) is 0 Å². The fraction of sp³-hybridized carbons (Fsp3) is 0.385. The van der Waals surface area contributed by atoms with E-state index in [0.29, 0.717) is 6.54 Å². The molecule has 0 radical (unpaired) electrons. The molecule has 1 N–H and O–H groups in total. The van der Waals surface area contributed by atoms with Crippen LogP contribution in [0.4, 0.5) is 0 Å². The highest BCUT2D eigenvalue weighted by Crippen LogP contribution is 2.18. The lowest BCUT2D eigenvalue weighted by Crippen LogP contribution is -2.50. The van der Waals surface area contributed by atoms with E-state index in [9.17, 15) is 9.59 Å². The smallest absolute Gasteiger partial charge is 0.244 e. The molecule has 1 heterocycles. The highest BCUT2D eigenvalue weighted by Gasteiger charge is 2.28. The first-order valence-corrected chi connectivity index (χ1v) is 5.75. The van der Waals surface area contributed by atoms with Gasteiger partial charge in [0.25, 0.3) is 0 Å². The predicted molar refractivity (Wildman–Crippen MR) is 64.6 cm³/mol. The Bertz CT molecular complexity index is 414. The summed E-state index contributed by atoms with van der Waals surface area (Å²) in [4.78, 5) is 24.2. The molecule has 1 aromatic rings. The summed E-state index contributed by atoms with van der Waals surface area (Å²) in [6.07, 6.45) is 0.773. The van der Waals surface area contributed by atoms with E-state index in [4.69, 9.17) is 0 Å². The van der Waals surface area contributed by atoms with E-state index >= 15 is 0 Å². The summed E-state index contributed by atoms with van der Waals surface area (Å²) in [7, 11) is 0. The van der Waals surface area contributed by atoms with Crippen molar-refractivity contribution < 1.29 is 9.59 Å². The molecule has 1 aliphatic heterocycles. The van der Waals surface area contributed by atoms with Gasteiger partial charge in [-0.2, -0.15) is 0 Å². The van der Waals surface area contributed by atoms with Crippen molar-refractivity contribution in [2.75, 3.05) is 19.6 Å². The molecule has 0 aromatic heterocycles. The van der Waals surface area contributed by atoms with Crippen LogP contribution in [0.2, 0.25) is 0 Å². The predicted octanol–water partition coefficient (Wildman–Crippen LogP) is 0.667. The molecule has 1 atom stereocenters. The Morgan fingerprint density at radius 3 is 2.76 bits per heavy atom. The number of piperazine rings is 1. The highest BCUT2D eigenvalue weighted by molar-refractivity contribution is 5.85. The molecule has 4 heteroatoms. The van der Waals surface area contributed by atoms with Crippen LogP contribution >= 0.6 is 0 Å². The second-order valence-electron chi connectivity index (χ2n) is 4.25. The number of carbonyl (C=O) groups is 2. The van der Waals surface area contributed by atoms with Crippen LogP contribution in [0.1, 0.15) is 17.2 Å². The van der Waals surface area contributed by atoms with Crippen molar-refractivity contribution in [3.05, 3.63) is 35.4 Å². The maximum Gasteiger partial charge on any atom is 0.244 e. The van der Waals surface area contributed by atoms with E-state index in [1.54, 1.807) is 4.90 Å². The second-order valence-corrected chi connectivity index (χ2v) is 4.25. The number of hydrogen-bond acceptors (Lipinski definition) is 3. The Balaban J connectivity index is 2.17. The lowest BCUT2D eigenvalue weighted by Gasteiger charge is -2.32. The fourth-order valence-corrected chi connectivity index (χ4v) is 2.01. The van der Waals surface area contributed by atoms with Gasteiger partial charge in [-0.3, -0.25) is 4.79 Å². The number of nitrogens with one attached hydrogen (secondary N) is 1. The van der Waals surface area contributed by atoms with Gasteiger partial charge < -0.3 is 15.0 Å². The van der Waals surface area contributed by atoms with Crippen molar-refractivity contribution in [1.29, 1.82) is 0 Å². The maximum absolute atomic E-state index is 12.1. The third kappa shape index (κ3) is 2.53. The van der Waals surface area contributed by atoms with Crippen LogP contribution < -0.4 is 5.32 Å². The molecule has 0 saturated carbocycles. The summed E-state index contributed by atoms with van der Waals surface area (Å²) in [6, 6.07) is 7.57. The molecule has 1 unspecified atom stereocenters. The maximum atomic E-state index is 12.1. The normalized spacial score (nSPS) is 20.4. The molecule has 1 fully saturated rings. The van der Waals surface area contributed by atoms with E-state index in [-0.39, 0.29) is 18.5 Å². The van der Waals surface area contributed by atoms with Gasteiger partial charge in [-0.1, -0.05) is 29.8 Å². The Morgan fingerprint density at radius 2 is 2.12 bits per heavy atom. The number of hydrogen-bond donors (Lipinski definition) is 1. The van der Waals surface area contributed by atoms with Gasteiger partial charge in [-0.05, 0) is 12.5 Å². The van der Waals surface area contributed by atoms with Gasteiger partial charge in [-0.25, -0.2) is 0 Å². The van der Waals surface area contributed by atoms with Crippen molar-refractivity contribution in [3.8, 4) is 0 Å². The Hall–Kier alpha value is -1.68. The van der Waals surface area contributed by atoms with Crippen molar-refractivity contribution in [1.82, 2.24) is 10.2 Å². The van der Waals surface area contributed by atoms with Crippen molar-refractivity contribution in [3.63, 3.8) is 0 Å². The molecule has 90 valence electrons. The monoisotopic (exact) mass is 232 g/mol. The molecule has 0 aliphatic carbocycles. The minimum atomic E-state index is -0.315. The van der Waals surface area contributed by atoms with Gasteiger partial charge in [0.2, 0.25) is 5.91 Å². The van der Waals surface area contributed by atoms with Gasteiger partial charge in [0.05, 0.1) is 6.54 Å². The molecule has 17 heavy (non-hydrogen) atoms. The van der Waals surface area contributed by atoms with Gasteiger partial charge >= 0.3 is 0 Å². The lowest BCUT2D eigenvalue weighted by molar-refractivity contribution is -0.137. The molecule has 1 aromatic carbocycles. The molecular formula is C13H16N2O2. The minimum absolute atomic E-state index is 0.0211. The summed E-state index contributed by atoms with van der Waals surface area (Å²) in [5, 5.41) is 3.19. The number of rotatable bonds is 3. The van der Waals surface area contributed by atoms with E-state index in [0.717, 1.165) is 18.4 Å². The number of benzene rings is 1. The Kier molecular flexibility index (Phi) is 3.54. The Labute approximate surface area is 101 Å². The van der Waals surface area contributed by atoms with Crippen molar-refractivity contribution >= 4 is 12.2 Å². The standard InChI is InChI=1S/C13H16N2O2/c1-10-2-4-11(5-3-10)12-13(17)15(8-9-16)7-6-14-12/h2-5,9,12,14H,6-8H2,1H3.